The normalized spacial score (nSPS) is 17.8. The van der Waals surface area contributed by atoms with E-state index in [-0.39, 0.29) is 6.29 Å². The molecule has 1 fully saturated rings. The summed E-state index contributed by atoms with van der Waals surface area (Å²) in [6.45, 7) is 7.79. The van der Waals surface area contributed by atoms with Crippen molar-refractivity contribution in [1.29, 1.82) is 0 Å². The first kappa shape index (κ1) is 15.0. The van der Waals surface area contributed by atoms with Crippen LogP contribution >= 0.6 is 0 Å². The zero-order valence-electron chi connectivity index (χ0n) is 12.7. The van der Waals surface area contributed by atoms with Crippen molar-refractivity contribution in [3.8, 4) is 0 Å². The van der Waals surface area contributed by atoms with Gasteiger partial charge in [-0.05, 0) is 43.4 Å². The highest BCUT2D eigenvalue weighted by Gasteiger charge is 2.16. The maximum Gasteiger partial charge on any atom is 0.180 e. The van der Waals surface area contributed by atoms with E-state index in [1.165, 1.54) is 16.7 Å². The summed E-state index contributed by atoms with van der Waals surface area (Å²) < 4.78 is 10.9. The quantitative estimate of drug-likeness (QED) is 0.753. The summed E-state index contributed by atoms with van der Waals surface area (Å²) in [7, 11) is 0. The van der Waals surface area contributed by atoms with Crippen molar-refractivity contribution in [2.24, 2.45) is 0 Å². The Morgan fingerprint density at radius 3 is 2.25 bits per heavy atom. The van der Waals surface area contributed by atoms with Gasteiger partial charge in [0.25, 0.3) is 0 Å². The first-order valence-electron chi connectivity index (χ1n) is 7.34. The molecule has 1 aliphatic rings. The third-order valence-electron chi connectivity index (χ3n) is 3.54. The summed E-state index contributed by atoms with van der Waals surface area (Å²) in [5, 5.41) is 0. The minimum atomic E-state index is -0.150. The predicted octanol–water partition coefficient (Wildman–Crippen LogP) is 4.06. The highest BCUT2D eigenvalue weighted by atomic mass is 16.7. The second kappa shape index (κ2) is 7.41. The Hall–Kier alpha value is -1.38. The average Bonchev–Trinajstić information content (AvgIpc) is 3.00. The number of rotatable bonds is 5. The summed E-state index contributed by atoms with van der Waals surface area (Å²) in [4.78, 5) is 0. The van der Waals surface area contributed by atoms with Crippen LogP contribution in [0.3, 0.4) is 0 Å². The van der Waals surface area contributed by atoms with Crippen LogP contribution in [0.5, 0.6) is 0 Å². The van der Waals surface area contributed by atoms with Gasteiger partial charge in [-0.3, -0.25) is 0 Å². The van der Waals surface area contributed by atoms with Gasteiger partial charge in [-0.25, -0.2) is 0 Å². The molecule has 1 saturated heterocycles. The van der Waals surface area contributed by atoms with Gasteiger partial charge in [0.15, 0.2) is 6.29 Å². The van der Waals surface area contributed by atoms with E-state index in [4.69, 9.17) is 9.47 Å². The lowest BCUT2D eigenvalue weighted by Crippen LogP contribution is -2.08. The van der Waals surface area contributed by atoms with E-state index in [9.17, 15) is 0 Å². The highest BCUT2D eigenvalue weighted by molar-refractivity contribution is 5.27. The van der Waals surface area contributed by atoms with Crippen LogP contribution in [0, 0.1) is 0 Å². The average molecular weight is 272 g/mol. The fraction of sp³-hybridized carbons (Fsp3) is 0.444. The summed E-state index contributed by atoms with van der Waals surface area (Å²) in [6.07, 6.45) is 6.20. The number of hydrogen-bond acceptors (Lipinski definition) is 2. The third-order valence-corrected chi connectivity index (χ3v) is 3.54. The first-order chi connectivity index (χ1) is 9.69. The van der Waals surface area contributed by atoms with Crippen LogP contribution in [0.4, 0.5) is 0 Å². The molecule has 1 heterocycles. The summed E-state index contributed by atoms with van der Waals surface area (Å²) in [5.41, 5.74) is 5.21. The molecule has 2 heteroatoms. The highest BCUT2D eigenvalue weighted by Crippen LogP contribution is 2.15. The second-order valence-corrected chi connectivity index (χ2v) is 5.34. The number of hydrogen-bond donors (Lipinski definition) is 0. The molecule has 0 amide bonds. The molecule has 0 aliphatic carbocycles. The Bertz CT molecular complexity index is 477. The number of ether oxygens (including phenoxy) is 2. The smallest absolute Gasteiger partial charge is 0.180 e. The minimum Gasteiger partial charge on any atom is -0.346 e. The molecule has 1 aliphatic heterocycles. The van der Waals surface area contributed by atoms with Crippen molar-refractivity contribution in [3.63, 3.8) is 0 Å². The van der Waals surface area contributed by atoms with Gasteiger partial charge in [-0.2, -0.15) is 0 Å². The molecule has 0 unspecified atom stereocenters. The van der Waals surface area contributed by atoms with E-state index in [2.05, 4.69) is 57.2 Å². The maximum absolute atomic E-state index is 5.47. The van der Waals surface area contributed by atoms with E-state index >= 15 is 0 Å². The van der Waals surface area contributed by atoms with Crippen molar-refractivity contribution >= 4 is 0 Å². The Morgan fingerprint density at radius 2 is 1.65 bits per heavy atom. The Kier molecular flexibility index (Phi) is 5.57. The van der Waals surface area contributed by atoms with E-state index in [0.29, 0.717) is 13.2 Å². The van der Waals surface area contributed by atoms with Gasteiger partial charge >= 0.3 is 0 Å². The largest absolute Gasteiger partial charge is 0.346 e. The number of aryl methyl sites for hydroxylation is 1. The third kappa shape index (κ3) is 4.32. The lowest BCUT2D eigenvalue weighted by atomic mass is 10.0. The lowest BCUT2D eigenvalue weighted by molar-refractivity contribution is -0.0109. The van der Waals surface area contributed by atoms with Crippen molar-refractivity contribution in [2.45, 2.75) is 39.9 Å². The van der Waals surface area contributed by atoms with Crippen molar-refractivity contribution in [3.05, 3.63) is 58.7 Å². The van der Waals surface area contributed by atoms with Gasteiger partial charge in [0.2, 0.25) is 0 Å². The summed E-state index contributed by atoms with van der Waals surface area (Å²) in [5.74, 6) is 0. The van der Waals surface area contributed by atoms with Gasteiger partial charge < -0.3 is 9.47 Å². The van der Waals surface area contributed by atoms with Crippen molar-refractivity contribution in [2.75, 3.05) is 13.2 Å². The SMILES string of the molecule is CCc1ccc(C/C(C)=C/C=C(\C)C2OCCO2)cc1. The molecular formula is C18H24O2. The monoisotopic (exact) mass is 272 g/mol. The van der Waals surface area contributed by atoms with Crippen LogP contribution in [-0.4, -0.2) is 19.5 Å². The van der Waals surface area contributed by atoms with Crippen LogP contribution in [0.2, 0.25) is 0 Å². The van der Waals surface area contributed by atoms with Gasteiger partial charge in [0.1, 0.15) is 0 Å². The van der Waals surface area contributed by atoms with Gasteiger partial charge in [0.05, 0.1) is 13.2 Å². The molecule has 2 rings (SSSR count). The topological polar surface area (TPSA) is 18.5 Å². The van der Waals surface area contributed by atoms with Crippen LogP contribution in [-0.2, 0) is 22.3 Å². The molecule has 0 aromatic heterocycles. The minimum absolute atomic E-state index is 0.150. The van der Waals surface area contributed by atoms with Crippen molar-refractivity contribution < 1.29 is 9.47 Å². The summed E-state index contributed by atoms with van der Waals surface area (Å²) >= 11 is 0. The molecule has 20 heavy (non-hydrogen) atoms. The molecule has 0 N–H and O–H groups in total. The Balaban J connectivity index is 1.94. The number of allylic oxidation sites excluding steroid dienone is 3. The summed E-state index contributed by atoms with van der Waals surface area (Å²) in [6, 6.07) is 8.86. The van der Waals surface area contributed by atoms with Gasteiger partial charge in [-0.1, -0.05) is 48.9 Å². The lowest BCUT2D eigenvalue weighted by Gasteiger charge is -2.08. The zero-order valence-corrected chi connectivity index (χ0v) is 12.7. The molecule has 0 radical (unpaired) electrons. The molecule has 108 valence electrons. The zero-order chi connectivity index (χ0) is 14.4. The fourth-order valence-corrected chi connectivity index (χ4v) is 2.25. The van der Waals surface area contributed by atoms with E-state index in [1.54, 1.807) is 0 Å². The predicted molar refractivity (Wildman–Crippen MR) is 82.7 cm³/mol. The molecule has 1 aromatic carbocycles. The maximum atomic E-state index is 5.47. The van der Waals surface area contributed by atoms with E-state index < -0.39 is 0 Å². The fourth-order valence-electron chi connectivity index (χ4n) is 2.25. The molecule has 0 spiro atoms. The molecule has 0 atom stereocenters. The molecular weight excluding hydrogens is 248 g/mol. The van der Waals surface area contributed by atoms with Crippen molar-refractivity contribution in [1.82, 2.24) is 0 Å². The van der Waals surface area contributed by atoms with Crippen LogP contribution < -0.4 is 0 Å². The Morgan fingerprint density at radius 1 is 1.05 bits per heavy atom. The number of benzene rings is 1. The first-order valence-corrected chi connectivity index (χ1v) is 7.34. The molecule has 1 aromatic rings. The molecule has 0 bridgehead atoms. The van der Waals surface area contributed by atoms with Crippen LogP contribution in [0.1, 0.15) is 31.9 Å². The van der Waals surface area contributed by atoms with Gasteiger partial charge in [-0.15, -0.1) is 0 Å². The molecule has 0 saturated carbocycles. The van der Waals surface area contributed by atoms with E-state index in [1.807, 2.05) is 0 Å². The molecule has 2 nitrogen and oxygen atoms in total. The standard InChI is InChI=1S/C18H24O2/c1-4-16-7-9-17(10-8-16)13-14(2)5-6-15(3)18-19-11-12-20-18/h5-10,18H,4,11-13H2,1-3H3/b14-5+,15-6+. The second-order valence-electron chi connectivity index (χ2n) is 5.34. The van der Waals surface area contributed by atoms with Crippen LogP contribution in [0.25, 0.3) is 0 Å². The Labute approximate surface area is 122 Å². The van der Waals surface area contributed by atoms with E-state index in [0.717, 1.165) is 18.4 Å². The van der Waals surface area contributed by atoms with Crippen LogP contribution in [0.15, 0.2) is 47.6 Å². The van der Waals surface area contributed by atoms with Gasteiger partial charge in [0, 0.05) is 0 Å².